The molecule has 0 saturated heterocycles. The summed E-state index contributed by atoms with van der Waals surface area (Å²) < 4.78 is 10.9. The van der Waals surface area contributed by atoms with E-state index in [0.29, 0.717) is 6.04 Å². The average molecular weight is 277 g/mol. The van der Waals surface area contributed by atoms with Crippen LogP contribution in [0.25, 0.3) is 0 Å². The highest BCUT2D eigenvalue weighted by atomic mass is 16.5. The molecule has 1 atom stereocenters. The van der Waals surface area contributed by atoms with E-state index in [2.05, 4.69) is 30.4 Å². The van der Waals surface area contributed by atoms with Crippen molar-refractivity contribution in [2.75, 3.05) is 26.9 Å². The fourth-order valence-electron chi connectivity index (χ4n) is 2.81. The topological polar surface area (TPSA) is 30.5 Å². The van der Waals surface area contributed by atoms with Crippen molar-refractivity contribution in [3.8, 4) is 5.75 Å². The molecule has 3 nitrogen and oxygen atoms in total. The maximum absolute atomic E-state index is 5.52. The molecule has 2 rings (SSSR count). The van der Waals surface area contributed by atoms with Crippen LogP contribution in [0.4, 0.5) is 0 Å². The van der Waals surface area contributed by atoms with Gasteiger partial charge in [-0.25, -0.2) is 0 Å². The van der Waals surface area contributed by atoms with E-state index in [1.165, 1.54) is 30.4 Å². The average Bonchev–Trinajstić information content (AvgIpc) is 2.50. The molecule has 0 bridgehead atoms. The van der Waals surface area contributed by atoms with Gasteiger partial charge in [0.2, 0.25) is 0 Å². The van der Waals surface area contributed by atoms with Crippen LogP contribution >= 0.6 is 0 Å². The lowest BCUT2D eigenvalue weighted by Crippen LogP contribution is -2.26. The minimum Gasteiger partial charge on any atom is -0.497 e. The third-order valence-electron chi connectivity index (χ3n) is 3.87. The molecule has 0 spiro atoms. The van der Waals surface area contributed by atoms with E-state index in [1.807, 2.05) is 0 Å². The van der Waals surface area contributed by atoms with Crippen LogP contribution in [-0.2, 0) is 11.2 Å². The molecule has 0 radical (unpaired) electrons. The van der Waals surface area contributed by atoms with E-state index < -0.39 is 0 Å². The number of fused-ring (bicyclic) bond motifs is 1. The predicted molar refractivity (Wildman–Crippen MR) is 82.4 cm³/mol. The highest BCUT2D eigenvalue weighted by Gasteiger charge is 2.19. The van der Waals surface area contributed by atoms with Crippen LogP contribution in [0.15, 0.2) is 18.2 Å². The van der Waals surface area contributed by atoms with Gasteiger partial charge in [0.15, 0.2) is 0 Å². The number of rotatable bonds is 8. The molecular weight excluding hydrogens is 250 g/mol. The third-order valence-corrected chi connectivity index (χ3v) is 3.87. The van der Waals surface area contributed by atoms with Crippen molar-refractivity contribution in [2.45, 2.75) is 45.1 Å². The fourth-order valence-corrected chi connectivity index (χ4v) is 2.81. The molecule has 1 aromatic carbocycles. The van der Waals surface area contributed by atoms with Gasteiger partial charge in [0.1, 0.15) is 5.75 Å². The van der Waals surface area contributed by atoms with E-state index in [-0.39, 0.29) is 0 Å². The maximum atomic E-state index is 5.52. The first-order valence-electron chi connectivity index (χ1n) is 7.83. The summed E-state index contributed by atoms with van der Waals surface area (Å²) in [6.45, 7) is 4.90. The summed E-state index contributed by atoms with van der Waals surface area (Å²) in [5.74, 6) is 0.962. The molecule has 3 heteroatoms. The summed E-state index contributed by atoms with van der Waals surface area (Å²) >= 11 is 0. The molecule has 1 unspecified atom stereocenters. The van der Waals surface area contributed by atoms with E-state index in [0.717, 1.165) is 38.3 Å². The standard InChI is InChI=1S/C17H27NO2/c1-3-11-20-12-5-10-18-17-7-4-6-14-8-9-15(19-2)13-16(14)17/h8-9,13,17-18H,3-7,10-12H2,1-2H3. The van der Waals surface area contributed by atoms with Crippen molar-refractivity contribution < 1.29 is 9.47 Å². The van der Waals surface area contributed by atoms with Gasteiger partial charge in [-0.1, -0.05) is 13.0 Å². The second-order valence-corrected chi connectivity index (χ2v) is 5.43. The summed E-state index contributed by atoms with van der Waals surface area (Å²) in [6, 6.07) is 6.95. The van der Waals surface area contributed by atoms with E-state index >= 15 is 0 Å². The molecule has 0 aliphatic heterocycles. The number of benzene rings is 1. The Morgan fingerprint density at radius 3 is 3.00 bits per heavy atom. The molecule has 1 aliphatic rings. The molecule has 1 aliphatic carbocycles. The number of nitrogens with one attached hydrogen (secondary N) is 1. The summed E-state index contributed by atoms with van der Waals surface area (Å²) in [7, 11) is 1.73. The molecule has 0 heterocycles. The van der Waals surface area contributed by atoms with Crippen LogP contribution in [0.1, 0.15) is 49.8 Å². The van der Waals surface area contributed by atoms with E-state index in [4.69, 9.17) is 9.47 Å². The number of hydrogen-bond donors (Lipinski definition) is 1. The fraction of sp³-hybridized carbons (Fsp3) is 0.647. The minimum absolute atomic E-state index is 0.472. The third kappa shape index (κ3) is 4.22. The van der Waals surface area contributed by atoms with Gasteiger partial charge in [0.05, 0.1) is 7.11 Å². The van der Waals surface area contributed by atoms with Gasteiger partial charge in [-0.15, -0.1) is 0 Å². The van der Waals surface area contributed by atoms with Gasteiger partial charge in [-0.2, -0.15) is 0 Å². The van der Waals surface area contributed by atoms with Gasteiger partial charge < -0.3 is 14.8 Å². The lowest BCUT2D eigenvalue weighted by Gasteiger charge is -2.27. The molecule has 0 fully saturated rings. The van der Waals surface area contributed by atoms with E-state index in [1.54, 1.807) is 7.11 Å². The Balaban J connectivity index is 1.84. The monoisotopic (exact) mass is 277 g/mol. The highest BCUT2D eigenvalue weighted by Crippen LogP contribution is 2.32. The quantitative estimate of drug-likeness (QED) is 0.738. The first kappa shape index (κ1) is 15.3. The molecule has 1 N–H and O–H groups in total. The molecule has 0 amide bonds. The normalized spacial score (nSPS) is 17.8. The Morgan fingerprint density at radius 1 is 1.30 bits per heavy atom. The Bertz CT molecular complexity index is 406. The number of methoxy groups -OCH3 is 1. The lowest BCUT2D eigenvalue weighted by molar-refractivity contribution is 0.131. The van der Waals surface area contributed by atoms with Crippen molar-refractivity contribution >= 4 is 0 Å². The van der Waals surface area contributed by atoms with Crippen LogP contribution in [0.2, 0.25) is 0 Å². The van der Waals surface area contributed by atoms with Gasteiger partial charge in [0.25, 0.3) is 0 Å². The highest BCUT2D eigenvalue weighted by molar-refractivity contribution is 5.39. The first-order valence-corrected chi connectivity index (χ1v) is 7.83. The Hall–Kier alpha value is -1.06. The lowest BCUT2D eigenvalue weighted by atomic mass is 9.87. The maximum Gasteiger partial charge on any atom is 0.119 e. The minimum atomic E-state index is 0.472. The van der Waals surface area contributed by atoms with Gasteiger partial charge >= 0.3 is 0 Å². The van der Waals surface area contributed by atoms with Gasteiger partial charge in [-0.3, -0.25) is 0 Å². The summed E-state index contributed by atoms with van der Waals surface area (Å²) in [5, 5.41) is 3.67. The van der Waals surface area contributed by atoms with Crippen LogP contribution < -0.4 is 10.1 Å². The smallest absolute Gasteiger partial charge is 0.119 e. The van der Waals surface area contributed by atoms with Crippen LogP contribution in [0, 0.1) is 0 Å². The van der Waals surface area contributed by atoms with Crippen molar-refractivity contribution in [2.24, 2.45) is 0 Å². The number of hydrogen-bond acceptors (Lipinski definition) is 3. The second kappa shape index (κ2) is 8.28. The zero-order chi connectivity index (χ0) is 14.2. The van der Waals surface area contributed by atoms with Crippen LogP contribution in [0.3, 0.4) is 0 Å². The second-order valence-electron chi connectivity index (χ2n) is 5.43. The molecule has 0 aromatic heterocycles. The van der Waals surface area contributed by atoms with Crippen molar-refractivity contribution in [3.63, 3.8) is 0 Å². The Morgan fingerprint density at radius 2 is 2.20 bits per heavy atom. The first-order chi connectivity index (χ1) is 9.85. The summed E-state index contributed by atoms with van der Waals surface area (Å²) in [5.41, 5.74) is 2.89. The molecule has 1 aromatic rings. The van der Waals surface area contributed by atoms with E-state index in [9.17, 15) is 0 Å². The summed E-state index contributed by atoms with van der Waals surface area (Å²) in [6.07, 6.45) is 5.86. The van der Waals surface area contributed by atoms with Crippen LogP contribution in [0.5, 0.6) is 5.75 Å². The van der Waals surface area contributed by atoms with Gasteiger partial charge in [-0.05, 0) is 61.9 Å². The number of ether oxygens (including phenoxy) is 2. The van der Waals surface area contributed by atoms with Crippen LogP contribution in [-0.4, -0.2) is 26.9 Å². The largest absolute Gasteiger partial charge is 0.497 e. The zero-order valence-electron chi connectivity index (χ0n) is 12.8. The molecule has 20 heavy (non-hydrogen) atoms. The van der Waals surface area contributed by atoms with Gasteiger partial charge in [0, 0.05) is 19.3 Å². The Kier molecular flexibility index (Phi) is 6.34. The Labute approximate surface area is 122 Å². The van der Waals surface area contributed by atoms with Crippen molar-refractivity contribution in [1.29, 1.82) is 0 Å². The number of aryl methyl sites for hydroxylation is 1. The SMILES string of the molecule is CCCOCCCNC1CCCc2ccc(OC)cc21. The predicted octanol–water partition coefficient (Wildman–Crippen LogP) is 3.48. The molecule has 0 saturated carbocycles. The van der Waals surface area contributed by atoms with Crippen molar-refractivity contribution in [1.82, 2.24) is 5.32 Å². The molecular formula is C17H27NO2. The van der Waals surface area contributed by atoms with Crippen molar-refractivity contribution in [3.05, 3.63) is 29.3 Å². The zero-order valence-corrected chi connectivity index (χ0v) is 12.8. The summed E-state index contributed by atoms with van der Waals surface area (Å²) in [4.78, 5) is 0. The molecule has 112 valence electrons.